The second kappa shape index (κ2) is 13.5. The smallest absolute Gasteiger partial charge is 0.507 e. The van der Waals surface area contributed by atoms with Gasteiger partial charge in [-0.25, -0.2) is 0 Å². The number of imidazole rings is 1. The number of hydrogen-bond acceptors (Lipinski definition) is 4. The largest absolute Gasteiger partial charge is 2.00 e. The second-order valence-electron chi connectivity index (χ2n) is 12.4. The van der Waals surface area contributed by atoms with E-state index in [1.54, 1.807) is 6.07 Å². The molecule has 0 atom stereocenters. The van der Waals surface area contributed by atoms with Crippen LogP contribution in [0.25, 0.3) is 28.3 Å². The van der Waals surface area contributed by atoms with Crippen LogP contribution >= 0.6 is 0 Å². The van der Waals surface area contributed by atoms with Crippen LogP contribution in [0.2, 0.25) is 0 Å². The van der Waals surface area contributed by atoms with Crippen molar-refractivity contribution in [1.82, 2.24) is 9.55 Å². The van der Waals surface area contributed by atoms with Crippen LogP contribution < -0.4 is 9.80 Å². The van der Waals surface area contributed by atoms with Crippen LogP contribution in [0.5, 0.6) is 5.75 Å². The van der Waals surface area contributed by atoms with Crippen molar-refractivity contribution in [3.05, 3.63) is 133 Å². The number of rotatable bonds is 8. The van der Waals surface area contributed by atoms with Gasteiger partial charge >= 0.3 is 21.1 Å². The maximum absolute atomic E-state index is 11.0. The molecule has 6 rings (SSSR count). The number of para-hydroxylation sites is 2. The topological polar surface area (TPSA) is 44.5 Å². The van der Waals surface area contributed by atoms with Gasteiger partial charge in [0.2, 0.25) is 0 Å². The fraction of sp³-hybridized carbons (Fsp3) is 0.231. The molecule has 0 spiro atoms. The number of nitrogens with zero attached hydrogens (tertiary/aromatic N) is 4. The quantitative estimate of drug-likeness (QED) is 0.160. The third-order valence-corrected chi connectivity index (χ3v) is 8.22. The van der Waals surface area contributed by atoms with Gasteiger partial charge in [0.25, 0.3) is 0 Å². The molecule has 0 aliphatic carbocycles. The number of benzene rings is 4. The van der Waals surface area contributed by atoms with Gasteiger partial charge in [0.15, 0.2) is 0 Å². The zero-order chi connectivity index (χ0) is 31.0. The third kappa shape index (κ3) is 6.51. The maximum Gasteiger partial charge on any atom is 2.00 e. The van der Waals surface area contributed by atoms with Crippen LogP contribution in [-0.2, 0) is 21.1 Å². The Kier molecular flexibility index (Phi) is 9.70. The molecule has 1 aliphatic heterocycles. The summed E-state index contributed by atoms with van der Waals surface area (Å²) in [6.07, 6.45) is 6.19. The summed E-state index contributed by atoms with van der Waals surface area (Å²) in [6, 6.07) is 32.2. The van der Waals surface area contributed by atoms with E-state index in [4.69, 9.17) is 4.98 Å². The van der Waals surface area contributed by atoms with Gasteiger partial charge in [-0.05, 0) is 77.3 Å². The van der Waals surface area contributed by atoms with Gasteiger partial charge < -0.3 is 19.5 Å². The van der Waals surface area contributed by atoms with E-state index in [2.05, 4.69) is 105 Å². The molecule has 4 aromatic carbocycles. The van der Waals surface area contributed by atoms with Crippen molar-refractivity contribution in [2.45, 2.75) is 59.3 Å². The average molecular weight is 776 g/mol. The van der Waals surface area contributed by atoms with Gasteiger partial charge in [0, 0.05) is 11.4 Å². The van der Waals surface area contributed by atoms with Crippen molar-refractivity contribution >= 4 is 11.4 Å². The monoisotopic (exact) mass is 775 g/mol. The van der Waals surface area contributed by atoms with Crippen molar-refractivity contribution in [2.24, 2.45) is 0 Å². The number of hydrogen-bond donors (Lipinski definition) is 1. The number of aromatic hydroxyl groups is 1. The molecule has 2 heterocycles. The molecule has 0 unspecified atom stereocenters. The molecular weight excluding hydrogens is 736 g/mol. The average Bonchev–Trinajstić information content (AvgIpc) is 3.70. The summed E-state index contributed by atoms with van der Waals surface area (Å²) in [6.45, 7) is 15.6. The Balaban J connectivity index is 0.00000400. The summed E-state index contributed by atoms with van der Waals surface area (Å²) >= 11 is 0. The van der Waals surface area contributed by atoms with Crippen LogP contribution in [0.4, 0.5) is 11.4 Å². The van der Waals surface area contributed by atoms with Crippen LogP contribution in [0, 0.1) is 12.7 Å². The first kappa shape index (κ1) is 32.3. The minimum Gasteiger partial charge on any atom is -0.507 e. The van der Waals surface area contributed by atoms with Crippen molar-refractivity contribution in [1.29, 1.82) is 0 Å². The Morgan fingerprint density at radius 3 is 2.02 bits per heavy atom. The molecule has 1 aromatic heterocycles. The molecule has 5 nitrogen and oxygen atoms in total. The molecule has 0 saturated heterocycles. The number of phenolic OH excluding ortho intramolecular Hbond substituents is 1. The molecule has 45 heavy (non-hydrogen) atoms. The fourth-order valence-electron chi connectivity index (χ4n) is 5.74. The van der Waals surface area contributed by atoms with E-state index in [0.717, 1.165) is 28.3 Å². The number of anilines is 2. The minimum atomic E-state index is 0. The number of phenols is 1. The third-order valence-electron chi connectivity index (χ3n) is 8.22. The predicted molar refractivity (Wildman–Crippen MR) is 182 cm³/mol. The zero-order valence-electron chi connectivity index (χ0n) is 26.7. The summed E-state index contributed by atoms with van der Waals surface area (Å²) in [5, 5.41) is 11.0. The molecular formula is C39H40N4OPt. The molecule has 0 radical (unpaired) electrons. The Hall–Kier alpha value is -4.08. The standard InChI is InChI=1S/C39H40N4O.Pt/c1-26(2)30-22-34(27(3)4)38(35(23-30)28(5)6)43-24-36(40-39(43)33-17-10-11-18-37(33)44)29-13-12-16-32(21-29)42-20-19-41(25-42)31-14-8-7-9-15-31;/h7-20,22-28,44H,1-6H3;/q-2;+2. The SMILES string of the molecule is CC(C)c1cc(C(C)C)c(-n2cc(-c3[c-]c(N4C=CN(c5ccccc5)[CH-]4)ccc3)nc2-c2ccccc2O)c(C(C)C)c1.[Pt+2]. The van der Waals surface area contributed by atoms with Crippen molar-refractivity contribution in [2.75, 3.05) is 9.80 Å². The van der Waals surface area contributed by atoms with E-state index >= 15 is 0 Å². The van der Waals surface area contributed by atoms with Gasteiger partial charge in [-0.3, -0.25) is 4.98 Å². The molecule has 1 aliphatic rings. The number of aromatic nitrogens is 2. The Bertz CT molecular complexity index is 1780. The van der Waals surface area contributed by atoms with Crippen LogP contribution in [0.1, 0.15) is 76.0 Å². The van der Waals surface area contributed by atoms with Gasteiger partial charge in [0.1, 0.15) is 11.6 Å². The van der Waals surface area contributed by atoms with E-state index in [-0.39, 0.29) is 26.8 Å². The first-order valence-corrected chi connectivity index (χ1v) is 15.4. The van der Waals surface area contributed by atoms with Crippen LogP contribution in [-0.4, -0.2) is 14.7 Å². The molecule has 0 saturated carbocycles. The molecule has 6 heteroatoms. The first-order valence-electron chi connectivity index (χ1n) is 15.4. The summed E-state index contributed by atoms with van der Waals surface area (Å²) < 4.78 is 2.19. The zero-order valence-corrected chi connectivity index (χ0v) is 28.9. The van der Waals surface area contributed by atoms with Gasteiger partial charge in [0.05, 0.1) is 11.3 Å². The fourth-order valence-corrected chi connectivity index (χ4v) is 5.74. The predicted octanol–water partition coefficient (Wildman–Crippen LogP) is 10.00. The molecule has 5 aromatic rings. The molecule has 232 valence electrons. The Labute approximate surface area is 282 Å². The van der Waals surface area contributed by atoms with Gasteiger partial charge in [-0.15, -0.1) is 36.5 Å². The summed E-state index contributed by atoms with van der Waals surface area (Å²) in [5.74, 6) is 1.92. The first-order chi connectivity index (χ1) is 21.2. The summed E-state index contributed by atoms with van der Waals surface area (Å²) in [4.78, 5) is 9.35. The van der Waals surface area contributed by atoms with Crippen LogP contribution in [0.15, 0.2) is 104 Å². The molecule has 1 N–H and O–H groups in total. The Morgan fingerprint density at radius 1 is 0.733 bits per heavy atom. The molecule has 0 amide bonds. The van der Waals surface area contributed by atoms with E-state index in [1.165, 1.54) is 16.7 Å². The van der Waals surface area contributed by atoms with E-state index in [1.807, 2.05) is 60.9 Å². The normalized spacial score (nSPS) is 12.9. The van der Waals surface area contributed by atoms with Crippen molar-refractivity contribution < 1.29 is 26.2 Å². The molecule has 0 bridgehead atoms. The van der Waals surface area contributed by atoms with E-state index in [9.17, 15) is 5.11 Å². The summed E-state index contributed by atoms with van der Waals surface area (Å²) in [7, 11) is 0. The minimum absolute atomic E-state index is 0. The van der Waals surface area contributed by atoms with Crippen molar-refractivity contribution in [3.8, 4) is 34.1 Å². The Morgan fingerprint density at radius 2 is 1.38 bits per heavy atom. The molecule has 0 fully saturated rings. The maximum atomic E-state index is 11.0. The van der Waals surface area contributed by atoms with E-state index < -0.39 is 0 Å². The van der Waals surface area contributed by atoms with Crippen LogP contribution in [0.3, 0.4) is 0 Å². The van der Waals surface area contributed by atoms with Gasteiger partial charge in [-0.1, -0.05) is 89.7 Å². The summed E-state index contributed by atoms with van der Waals surface area (Å²) in [5.41, 5.74) is 9.42. The second-order valence-corrected chi connectivity index (χ2v) is 12.4. The van der Waals surface area contributed by atoms with Gasteiger partial charge in [-0.2, -0.15) is 0 Å². The van der Waals surface area contributed by atoms with Crippen molar-refractivity contribution in [3.63, 3.8) is 0 Å². The van der Waals surface area contributed by atoms with E-state index in [0.29, 0.717) is 29.1 Å².